The number of halogens is 2. The van der Waals surface area contributed by atoms with Crippen LogP contribution in [0, 0.1) is 5.82 Å². The highest BCUT2D eigenvalue weighted by Gasteiger charge is 2.20. The van der Waals surface area contributed by atoms with E-state index < -0.39 is 21.4 Å². The van der Waals surface area contributed by atoms with Gasteiger partial charge in [0.25, 0.3) is 5.89 Å². The molecule has 0 atom stereocenters. The fraction of sp³-hybridized carbons (Fsp3) is 0.100. The lowest BCUT2D eigenvalue weighted by molar-refractivity contribution is 0.413. The molecule has 6 nitrogen and oxygen atoms in total. The molecule has 4 rings (SSSR count). The van der Waals surface area contributed by atoms with Crippen LogP contribution >= 0.6 is 15.9 Å². The Kier molecular flexibility index (Phi) is 5.33. The molecule has 2 heterocycles. The van der Waals surface area contributed by atoms with Crippen molar-refractivity contribution < 1.29 is 21.7 Å². The Labute approximate surface area is 174 Å². The van der Waals surface area contributed by atoms with E-state index in [-0.39, 0.29) is 28.7 Å². The van der Waals surface area contributed by atoms with Crippen molar-refractivity contribution in [1.29, 1.82) is 0 Å². The molecule has 0 aliphatic carbocycles. The quantitative estimate of drug-likeness (QED) is 0.388. The molecule has 0 spiro atoms. The van der Waals surface area contributed by atoms with Crippen LogP contribution in [-0.4, -0.2) is 18.6 Å². The van der Waals surface area contributed by atoms with Gasteiger partial charge in [0, 0.05) is 15.6 Å². The maximum Gasteiger partial charge on any atom is 0.293 e. The molecule has 0 unspecified atom stereocenters. The zero-order valence-electron chi connectivity index (χ0n) is 14.9. The van der Waals surface area contributed by atoms with Crippen molar-refractivity contribution in [3.63, 3.8) is 0 Å². The van der Waals surface area contributed by atoms with Crippen molar-refractivity contribution in [2.75, 3.05) is 0 Å². The van der Waals surface area contributed by atoms with Crippen LogP contribution < -0.4 is 0 Å². The predicted octanol–water partition coefficient (Wildman–Crippen LogP) is 5.01. The molecule has 0 saturated carbocycles. The first-order valence-corrected chi connectivity index (χ1v) is 11.1. The highest BCUT2D eigenvalue weighted by atomic mass is 79.9. The zero-order chi connectivity index (χ0) is 20.4. The molecule has 4 aromatic rings. The average Bonchev–Trinajstić information content (AvgIpc) is 3.32. The van der Waals surface area contributed by atoms with Crippen LogP contribution in [0.15, 0.2) is 74.1 Å². The van der Waals surface area contributed by atoms with E-state index in [1.165, 1.54) is 24.3 Å². The Bertz CT molecular complexity index is 1270. The van der Waals surface area contributed by atoms with Gasteiger partial charge in [-0.3, -0.25) is 0 Å². The highest BCUT2D eigenvalue weighted by Crippen LogP contribution is 2.26. The number of benzene rings is 2. The first-order valence-electron chi connectivity index (χ1n) is 8.52. The summed E-state index contributed by atoms with van der Waals surface area (Å²) in [6.45, 7) is 0. The SMILES string of the molecule is O=S(=O)(Cc1ccc(-c2nc(-c3cccc(Br)c3)no2)o1)Cc1ccccc1F. The number of furan rings is 1. The second kappa shape index (κ2) is 7.92. The molecule has 2 aromatic carbocycles. The third kappa shape index (κ3) is 4.63. The summed E-state index contributed by atoms with van der Waals surface area (Å²) in [7, 11) is -3.63. The number of rotatable bonds is 6. The highest BCUT2D eigenvalue weighted by molar-refractivity contribution is 9.10. The summed E-state index contributed by atoms with van der Waals surface area (Å²) in [6, 6.07) is 16.3. The van der Waals surface area contributed by atoms with E-state index in [0.29, 0.717) is 5.82 Å². The molecule has 0 bridgehead atoms. The molecular weight excluding hydrogens is 463 g/mol. The summed E-state index contributed by atoms with van der Waals surface area (Å²) in [6.07, 6.45) is 0. The summed E-state index contributed by atoms with van der Waals surface area (Å²) in [4.78, 5) is 4.29. The summed E-state index contributed by atoms with van der Waals surface area (Å²) in [5.41, 5.74) is 0.878. The van der Waals surface area contributed by atoms with E-state index in [4.69, 9.17) is 8.94 Å². The molecule has 0 aliphatic heterocycles. The lowest BCUT2D eigenvalue weighted by Gasteiger charge is -2.04. The van der Waals surface area contributed by atoms with Gasteiger partial charge in [-0.05, 0) is 30.3 Å². The Balaban J connectivity index is 1.51. The van der Waals surface area contributed by atoms with Gasteiger partial charge in [-0.25, -0.2) is 12.8 Å². The second-order valence-corrected chi connectivity index (χ2v) is 9.30. The summed E-state index contributed by atoms with van der Waals surface area (Å²) in [5.74, 6) is -0.350. The van der Waals surface area contributed by atoms with E-state index >= 15 is 0 Å². The normalized spacial score (nSPS) is 11.7. The van der Waals surface area contributed by atoms with Gasteiger partial charge in [0.05, 0.1) is 5.75 Å². The maximum atomic E-state index is 13.7. The van der Waals surface area contributed by atoms with E-state index in [9.17, 15) is 12.8 Å². The fourth-order valence-corrected chi connectivity index (χ4v) is 4.56. The van der Waals surface area contributed by atoms with Gasteiger partial charge < -0.3 is 8.94 Å². The number of aromatic nitrogens is 2. The molecule has 29 heavy (non-hydrogen) atoms. The van der Waals surface area contributed by atoms with Crippen LogP contribution in [0.5, 0.6) is 0 Å². The van der Waals surface area contributed by atoms with E-state index in [1.807, 2.05) is 24.3 Å². The van der Waals surface area contributed by atoms with Crippen molar-refractivity contribution in [3.05, 3.63) is 82.3 Å². The van der Waals surface area contributed by atoms with Gasteiger partial charge in [0.2, 0.25) is 5.82 Å². The topological polar surface area (TPSA) is 86.2 Å². The van der Waals surface area contributed by atoms with Crippen LogP contribution in [0.1, 0.15) is 11.3 Å². The number of sulfone groups is 1. The Hall–Kier alpha value is -2.78. The van der Waals surface area contributed by atoms with Crippen LogP contribution in [-0.2, 0) is 21.3 Å². The Morgan fingerprint density at radius 1 is 1.00 bits per heavy atom. The monoisotopic (exact) mass is 476 g/mol. The molecule has 0 aliphatic rings. The molecule has 148 valence electrons. The van der Waals surface area contributed by atoms with Crippen LogP contribution in [0.25, 0.3) is 23.0 Å². The minimum absolute atomic E-state index is 0.120. The van der Waals surface area contributed by atoms with Crippen LogP contribution in [0.3, 0.4) is 0 Å². The van der Waals surface area contributed by atoms with Crippen LogP contribution in [0.4, 0.5) is 4.39 Å². The minimum atomic E-state index is -3.63. The lowest BCUT2D eigenvalue weighted by Crippen LogP contribution is -2.08. The molecular formula is C20H14BrFN2O4S. The molecule has 0 saturated heterocycles. The van der Waals surface area contributed by atoms with Crippen molar-refractivity contribution >= 4 is 25.8 Å². The first-order chi connectivity index (χ1) is 13.9. The summed E-state index contributed by atoms with van der Waals surface area (Å²) < 4.78 is 50.2. The number of nitrogens with zero attached hydrogens (tertiary/aromatic N) is 2. The summed E-state index contributed by atoms with van der Waals surface area (Å²) >= 11 is 3.39. The van der Waals surface area contributed by atoms with E-state index in [2.05, 4.69) is 26.1 Å². The van der Waals surface area contributed by atoms with E-state index in [1.54, 1.807) is 12.1 Å². The van der Waals surface area contributed by atoms with Gasteiger partial charge in [-0.1, -0.05) is 51.4 Å². The van der Waals surface area contributed by atoms with Gasteiger partial charge >= 0.3 is 0 Å². The smallest absolute Gasteiger partial charge is 0.293 e. The maximum absolute atomic E-state index is 13.7. The standard InChI is InChI=1S/C20H14BrFN2O4S/c21-15-6-3-5-13(10-15)19-23-20(28-24-19)18-9-8-16(27-18)12-29(25,26)11-14-4-1-2-7-17(14)22/h1-10H,11-12H2. The van der Waals surface area contributed by atoms with Crippen molar-refractivity contribution in [3.8, 4) is 23.0 Å². The van der Waals surface area contributed by atoms with E-state index in [0.717, 1.165) is 10.0 Å². The predicted molar refractivity (Wildman–Crippen MR) is 108 cm³/mol. The van der Waals surface area contributed by atoms with Crippen LogP contribution in [0.2, 0.25) is 0 Å². The molecule has 2 aromatic heterocycles. The van der Waals surface area contributed by atoms with Gasteiger partial charge in [-0.2, -0.15) is 4.98 Å². The average molecular weight is 477 g/mol. The Morgan fingerprint density at radius 3 is 2.62 bits per heavy atom. The van der Waals surface area contributed by atoms with Crippen molar-refractivity contribution in [2.24, 2.45) is 0 Å². The molecule has 0 N–H and O–H groups in total. The molecule has 9 heteroatoms. The fourth-order valence-electron chi connectivity index (χ4n) is 2.76. The van der Waals surface area contributed by atoms with Gasteiger partial charge in [0.1, 0.15) is 17.3 Å². The first kappa shape index (κ1) is 19.5. The number of hydrogen-bond acceptors (Lipinski definition) is 6. The largest absolute Gasteiger partial charge is 0.455 e. The molecule has 0 fully saturated rings. The lowest BCUT2D eigenvalue weighted by atomic mass is 10.2. The third-order valence-corrected chi connectivity index (χ3v) is 6.05. The minimum Gasteiger partial charge on any atom is -0.455 e. The Morgan fingerprint density at radius 2 is 1.83 bits per heavy atom. The molecule has 0 amide bonds. The van der Waals surface area contributed by atoms with Gasteiger partial charge in [-0.15, -0.1) is 0 Å². The summed E-state index contributed by atoms with van der Waals surface area (Å²) in [5, 5.41) is 3.93. The third-order valence-electron chi connectivity index (χ3n) is 4.08. The second-order valence-electron chi connectivity index (χ2n) is 6.32. The van der Waals surface area contributed by atoms with Gasteiger partial charge in [0.15, 0.2) is 15.6 Å². The molecule has 0 radical (unpaired) electrons. The number of hydrogen-bond donors (Lipinski definition) is 0. The zero-order valence-corrected chi connectivity index (χ0v) is 17.3. The van der Waals surface area contributed by atoms with Crippen molar-refractivity contribution in [2.45, 2.75) is 11.5 Å². The van der Waals surface area contributed by atoms with Crippen molar-refractivity contribution in [1.82, 2.24) is 10.1 Å².